The number of carbonyl (C=O) groups is 2. The van der Waals surface area contributed by atoms with Crippen LogP contribution in [0.1, 0.15) is 28.8 Å². The highest BCUT2D eigenvalue weighted by Crippen LogP contribution is 2.26. The first-order valence-electron chi connectivity index (χ1n) is 11.7. The van der Waals surface area contributed by atoms with Gasteiger partial charge in [0.05, 0.1) is 12.7 Å². The fraction of sp³-hybridized carbons (Fsp3) is 0.250. The quantitative estimate of drug-likeness (QED) is 0.174. The highest BCUT2D eigenvalue weighted by atomic mass is 19.1. The van der Waals surface area contributed by atoms with E-state index >= 15 is 0 Å². The van der Waals surface area contributed by atoms with Crippen molar-refractivity contribution in [3.05, 3.63) is 90.0 Å². The summed E-state index contributed by atoms with van der Waals surface area (Å²) in [7, 11) is 1.49. The largest absolute Gasteiger partial charge is 0.496 e. The number of ether oxygens (including phenoxy) is 1. The lowest BCUT2D eigenvalue weighted by atomic mass is 10.0. The van der Waals surface area contributed by atoms with Crippen molar-refractivity contribution in [3.63, 3.8) is 0 Å². The topological polar surface area (TPSA) is 103 Å². The number of hydrogen-bond acceptors (Lipinski definition) is 4. The van der Waals surface area contributed by atoms with Crippen LogP contribution in [0.4, 0.5) is 4.39 Å². The molecule has 3 rings (SSSR count). The average molecular weight is 491 g/mol. The molecule has 0 saturated carbocycles. The summed E-state index contributed by atoms with van der Waals surface area (Å²) >= 11 is 0. The van der Waals surface area contributed by atoms with Crippen LogP contribution in [0.5, 0.6) is 5.75 Å². The molecule has 0 heterocycles. The summed E-state index contributed by atoms with van der Waals surface area (Å²) in [6.45, 7) is -0.243. The normalized spacial score (nSPS) is 11.3. The van der Waals surface area contributed by atoms with Gasteiger partial charge in [-0.3, -0.25) is 15.0 Å². The molecule has 3 aromatic rings. The molecule has 2 amide bonds. The van der Waals surface area contributed by atoms with E-state index in [0.29, 0.717) is 37.2 Å². The van der Waals surface area contributed by atoms with E-state index in [2.05, 4.69) is 16.0 Å². The Hall–Kier alpha value is -4.20. The summed E-state index contributed by atoms with van der Waals surface area (Å²) in [4.78, 5) is 26.3. The highest BCUT2D eigenvalue weighted by molar-refractivity contribution is 6.00. The van der Waals surface area contributed by atoms with Gasteiger partial charge in [0.2, 0.25) is 5.91 Å². The number of alkyl halides is 1. The second-order valence-corrected chi connectivity index (χ2v) is 8.19. The molecule has 1 atom stereocenters. The van der Waals surface area contributed by atoms with Crippen molar-refractivity contribution in [1.82, 2.24) is 16.0 Å². The Labute approximate surface area is 210 Å². The van der Waals surface area contributed by atoms with E-state index < -0.39 is 18.6 Å². The molecular formula is C28H31FN4O3. The molecule has 3 aromatic carbocycles. The van der Waals surface area contributed by atoms with Crippen LogP contribution in [0.15, 0.2) is 78.9 Å². The second kappa shape index (κ2) is 13.6. The van der Waals surface area contributed by atoms with E-state index in [1.165, 1.54) is 7.11 Å². The molecule has 0 spiro atoms. The summed E-state index contributed by atoms with van der Waals surface area (Å²) in [5.41, 5.74) is 3.05. The van der Waals surface area contributed by atoms with Crippen LogP contribution in [0.2, 0.25) is 0 Å². The predicted octanol–water partition coefficient (Wildman–Crippen LogP) is 4.09. The summed E-state index contributed by atoms with van der Waals surface area (Å²) in [6.07, 6.45) is 0.757. The Morgan fingerprint density at radius 1 is 0.944 bits per heavy atom. The summed E-state index contributed by atoms with van der Waals surface area (Å²) in [5, 5.41) is 15.8. The first kappa shape index (κ1) is 26.4. The van der Waals surface area contributed by atoms with E-state index in [4.69, 9.17) is 10.1 Å². The van der Waals surface area contributed by atoms with E-state index in [1.807, 2.05) is 66.7 Å². The van der Waals surface area contributed by atoms with Crippen LogP contribution < -0.4 is 20.7 Å². The lowest BCUT2D eigenvalue weighted by Crippen LogP contribution is -2.47. The zero-order chi connectivity index (χ0) is 25.8. The Balaban J connectivity index is 1.75. The van der Waals surface area contributed by atoms with Crippen molar-refractivity contribution in [2.24, 2.45) is 0 Å². The standard InChI is InChI=1S/C28H31FN4O3/c1-36-25-15-14-22(21-11-6-3-7-12-21)17-23(25)27(34)33-24(13-8-16-31-26(30)18-29)28(35)32-19-20-9-4-2-5-10-20/h2-7,9-12,14-15,17,24H,8,13,16,18-19H2,1H3,(H2,30,31)(H,32,35)(H,33,34)/t24-/m0/s1. The first-order valence-corrected chi connectivity index (χ1v) is 11.7. The number of methoxy groups -OCH3 is 1. The Kier molecular flexibility index (Phi) is 10.00. The van der Waals surface area contributed by atoms with Crippen molar-refractivity contribution in [3.8, 4) is 16.9 Å². The van der Waals surface area contributed by atoms with Crippen molar-refractivity contribution in [2.45, 2.75) is 25.4 Å². The third-order valence-corrected chi connectivity index (χ3v) is 5.62. The van der Waals surface area contributed by atoms with Gasteiger partial charge in [-0.2, -0.15) is 0 Å². The van der Waals surface area contributed by atoms with Crippen molar-refractivity contribution < 1.29 is 18.7 Å². The molecule has 0 aromatic heterocycles. The fourth-order valence-electron chi connectivity index (χ4n) is 3.70. The highest BCUT2D eigenvalue weighted by Gasteiger charge is 2.23. The molecule has 188 valence electrons. The SMILES string of the molecule is COc1ccc(-c2ccccc2)cc1C(=O)N[C@@H](CCCNC(=N)CF)C(=O)NCc1ccccc1. The van der Waals surface area contributed by atoms with E-state index in [9.17, 15) is 14.0 Å². The molecular weight excluding hydrogens is 459 g/mol. The Morgan fingerprint density at radius 3 is 2.31 bits per heavy atom. The average Bonchev–Trinajstić information content (AvgIpc) is 2.93. The summed E-state index contributed by atoms with van der Waals surface area (Å²) in [6, 6.07) is 23.7. The number of amidine groups is 1. The predicted molar refractivity (Wildman–Crippen MR) is 139 cm³/mol. The molecule has 8 heteroatoms. The number of rotatable bonds is 12. The molecule has 36 heavy (non-hydrogen) atoms. The third kappa shape index (κ3) is 7.66. The number of benzene rings is 3. The van der Waals surface area contributed by atoms with Crippen LogP contribution in [0.3, 0.4) is 0 Å². The second-order valence-electron chi connectivity index (χ2n) is 8.19. The zero-order valence-electron chi connectivity index (χ0n) is 20.2. The molecule has 0 bridgehead atoms. The van der Waals surface area contributed by atoms with Crippen molar-refractivity contribution in [2.75, 3.05) is 20.3 Å². The molecule has 0 saturated heterocycles. The van der Waals surface area contributed by atoms with Gasteiger partial charge in [-0.15, -0.1) is 0 Å². The van der Waals surface area contributed by atoms with E-state index in [0.717, 1.165) is 16.7 Å². The number of halogens is 1. The van der Waals surface area contributed by atoms with Crippen LogP contribution >= 0.6 is 0 Å². The lowest BCUT2D eigenvalue weighted by molar-refractivity contribution is -0.123. The van der Waals surface area contributed by atoms with Crippen LogP contribution in [0, 0.1) is 5.41 Å². The van der Waals surface area contributed by atoms with Gasteiger partial charge in [-0.1, -0.05) is 66.7 Å². The van der Waals surface area contributed by atoms with E-state index in [-0.39, 0.29) is 11.7 Å². The van der Waals surface area contributed by atoms with E-state index in [1.54, 1.807) is 12.1 Å². The number of hydrogen-bond donors (Lipinski definition) is 4. The van der Waals surface area contributed by atoms with Crippen LogP contribution in [0.25, 0.3) is 11.1 Å². The zero-order valence-corrected chi connectivity index (χ0v) is 20.2. The van der Waals surface area contributed by atoms with Gasteiger partial charge < -0.3 is 20.7 Å². The molecule has 0 aliphatic rings. The molecule has 0 unspecified atom stereocenters. The minimum Gasteiger partial charge on any atom is -0.496 e. The van der Waals surface area contributed by atoms with Gasteiger partial charge >= 0.3 is 0 Å². The molecule has 4 N–H and O–H groups in total. The molecule has 0 fully saturated rings. The van der Waals surface area contributed by atoms with Gasteiger partial charge in [0.1, 0.15) is 24.3 Å². The van der Waals surface area contributed by atoms with Crippen LogP contribution in [-0.2, 0) is 11.3 Å². The smallest absolute Gasteiger partial charge is 0.255 e. The fourth-order valence-corrected chi connectivity index (χ4v) is 3.70. The maximum absolute atomic E-state index is 13.3. The maximum atomic E-state index is 13.3. The van der Waals surface area contributed by atoms with Crippen molar-refractivity contribution >= 4 is 17.6 Å². The number of carbonyl (C=O) groups excluding carboxylic acids is 2. The minimum atomic E-state index is -0.880. The number of amides is 2. The van der Waals surface area contributed by atoms with Crippen molar-refractivity contribution in [1.29, 1.82) is 5.41 Å². The molecule has 0 radical (unpaired) electrons. The lowest BCUT2D eigenvalue weighted by Gasteiger charge is -2.20. The molecule has 0 aliphatic heterocycles. The Bertz CT molecular complexity index is 1160. The summed E-state index contributed by atoms with van der Waals surface area (Å²) in [5.74, 6) is -0.583. The van der Waals surface area contributed by atoms with Gasteiger partial charge in [0.25, 0.3) is 5.91 Å². The first-order chi connectivity index (χ1) is 17.5. The monoisotopic (exact) mass is 490 g/mol. The van der Waals surface area contributed by atoms with Gasteiger partial charge in [0, 0.05) is 13.1 Å². The minimum absolute atomic E-state index is 0.216. The summed E-state index contributed by atoms with van der Waals surface area (Å²) < 4.78 is 17.9. The molecule has 7 nitrogen and oxygen atoms in total. The third-order valence-electron chi connectivity index (χ3n) is 5.62. The van der Waals surface area contributed by atoms with Gasteiger partial charge in [-0.25, -0.2) is 4.39 Å². The van der Waals surface area contributed by atoms with Gasteiger partial charge in [0.15, 0.2) is 0 Å². The van der Waals surface area contributed by atoms with Gasteiger partial charge in [-0.05, 0) is 41.7 Å². The van der Waals surface area contributed by atoms with Crippen LogP contribution in [-0.4, -0.2) is 44.0 Å². The maximum Gasteiger partial charge on any atom is 0.255 e. The Morgan fingerprint density at radius 2 is 1.64 bits per heavy atom. The number of nitrogens with one attached hydrogen (secondary N) is 4. The molecule has 0 aliphatic carbocycles.